The van der Waals surface area contributed by atoms with Crippen LogP contribution >= 0.6 is 0 Å². The predicted octanol–water partition coefficient (Wildman–Crippen LogP) is 0.902. The zero-order valence-corrected chi connectivity index (χ0v) is 8.72. The first-order valence-corrected chi connectivity index (χ1v) is 5.82. The van der Waals surface area contributed by atoms with E-state index in [1.54, 1.807) is 0 Å². The number of hydrogen-bond acceptors (Lipinski definition) is 2. The van der Waals surface area contributed by atoms with Crippen molar-refractivity contribution in [3.8, 4) is 0 Å². The van der Waals surface area contributed by atoms with Crippen molar-refractivity contribution in [2.24, 2.45) is 11.8 Å². The molecule has 0 spiro atoms. The highest BCUT2D eigenvalue weighted by atomic mass is 16.1. The van der Waals surface area contributed by atoms with Gasteiger partial charge in [0, 0.05) is 13.0 Å². The minimum Gasteiger partial charge on any atom is -0.356 e. The molecule has 0 aromatic carbocycles. The zero-order chi connectivity index (χ0) is 9.80. The summed E-state index contributed by atoms with van der Waals surface area (Å²) in [4.78, 5) is 11.5. The van der Waals surface area contributed by atoms with Crippen LogP contribution in [0.3, 0.4) is 0 Å². The van der Waals surface area contributed by atoms with E-state index < -0.39 is 0 Å². The van der Waals surface area contributed by atoms with Gasteiger partial charge in [0.2, 0.25) is 5.91 Å². The van der Waals surface area contributed by atoms with Crippen LogP contribution in [0.4, 0.5) is 0 Å². The van der Waals surface area contributed by atoms with Gasteiger partial charge in [-0.1, -0.05) is 12.8 Å². The number of hydrogen-bond donors (Lipinski definition) is 2. The molecule has 0 radical (unpaired) electrons. The largest absolute Gasteiger partial charge is 0.356 e. The van der Waals surface area contributed by atoms with Crippen molar-refractivity contribution in [2.45, 2.75) is 32.1 Å². The van der Waals surface area contributed by atoms with Crippen molar-refractivity contribution >= 4 is 5.91 Å². The molecule has 1 heterocycles. The first-order chi connectivity index (χ1) is 6.84. The number of carbonyl (C=O) groups excluding carboxylic acids is 1. The smallest absolute Gasteiger partial charge is 0.220 e. The van der Waals surface area contributed by atoms with Gasteiger partial charge in [-0.3, -0.25) is 4.79 Å². The second-order valence-corrected chi connectivity index (χ2v) is 4.64. The fraction of sp³-hybridized carbons (Fsp3) is 0.909. The third-order valence-electron chi connectivity index (χ3n) is 3.21. The third-order valence-corrected chi connectivity index (χ3v) is 3.21. The van der Waals surface area contributed by atoms with Crippen LogP contribution in [-0.2, 0) is 4.79 Å². The molecule has 2 N–H and O–H groups in total. The molecule has 1 aliphatic carbocycles. The van der Waals surface area contributed by atoms with Crippen LogP contribution < -0.4 is 10.6 Å². The molecule has 1 aliphatic heterocycles. The van der Waals surface area contributed by atoms with Crippen molar-refractivity contribution in [2.75, 3.05) is 19.6 Å². The fourth-order valence-corrected chi connectivity index (χ4v) is 2.05. The monoisotopic (exact) mass is 196 g/mol. The summed E-state index contributed by atoms with van der Waals surface area (Å²) < 4.78 is 0. The molecular weight excluding hydrogens is 176 g/mol. The average Bonchev–Trinajstić information content (AvgIpc) is 2.83. The molecule has 14 heavy (non-hydrogen) atoms. The lowest BCUT2D eigenvalue weighted by Gasteiger charge is -2.08. The average molecular weight is 196 g/mol. The SMILES string of the molecule is O=C(CC1CCNC1)NCCC1CC1. The van der Waals surface area contributed by atoms with Gasteiger partial charge in [0.15, 0.2) is 0 Å². The summed E-state index contributed by atoms with van der Waals surface area (Å²) >= 11 is 0. The second kappa shape index (κ2) is 4.78. The molecule has 2 fully saturated rings. The van der Waals surface area contributed by atoms with Crippen molar-refractivity contribution in [1.29, 1.82) is 0 Å². The standard InChI is InChI=1S/C11H20N2O/c14-11(7-10-3-5-12-8-10)13-6-4-9-1-2-9/h9-10,12H,1-8H2,(H,13,14). The Balaban J connectivity index is 1.53. The van der Waals surface area contributed by atoms with Crippen LogP contribution in [0.15, 0.2) is 0 Å². The maximum Gasteiger partial charge on any atom is 0.220 e. The maximum absolute atomic E-state index is 11.5. The quantitative estimate of drug-likeness (QED) is 0.686. The fourth-order valence-electron chi connectivity index (χ4n) is 2.05. The van der Waals surface area contributed by atoms with E-state index in [1.807, 2.05) is 0 Å². The molecular formula is C11H20N2O. The third kappa shape index (κ3) is 3.29. The van der Waals surface area contributed by atoms with E-state index in [1.165, 1.54) is 19.3 Å². The van der Waals surface area contributed by atoms with E-state index in [4.69, 9.17) is 0 Å². The summed E-state index contributed by atoms with van der Waals surface area (Å²) in [7, 11) is 0. The Hall–Kier alpha value is -0.570. The van der Waals surface area contributed by atoms with Gasteiger partial charge >= 0.3 is 0 Å². The van der Waals surface area contributed by atoms with Gasteiger partial charge in [-0.2, -0.15) is 0 Å². The molecule has 1 saturated carbocycles. The van der Waals surface area contributed by atoms with Crippen LogP contribution in [0.1, 0.15) is 32.1 Å². The summed E-state index contributed by atoms with van der Waals surface area (Å²) in [5.41, 5.74) is 0. The summed E-state index contributed by atoms with van der Waals surface area (Å²) in [6.45, 7) is 3.00. The van der Waals surface area contributed by atoms with Gasteiger partial charge in [-0.25, -0.2) is 0 Å². The molecule has 0 aromatic heterocycles. The molecule has 0 aromatic rings. The Morgan fingerprint density at radius 1 is 1.29 bits per heavy atom. The Bertz CT molecular complexity index is 195. The van der Waals surface area contributed by atoms with Crippen molar-refractivity contribution in [3.05, 3.63) is 0 Å². The van der Waals surface area contributed by atoms with Crippen LogP contribution in [0.2, 0.25) is 0 Å². The molecule has 2 aliphatic rings. The molecule has 2 rings (SSSR count). The number of amides is 1. The lowest BCUT2D eigenvalue weighted by Crippen LogP contribution is -2.27. The van der Waals surface area contributed by atoms with Crippen molar-refractivity contribution in [1.82, 2.24) is 10.6 Å². The summed E-state index contributed by atoms with van der Waals surface area (Å²) in [6.07, 6.45) is 5.83. The van der Waals surface area contributed by atoms with E-state index in [-0.39, 0.29) is 5.91 Å². The van der Waals surface area contributed by atoms with Gasteiger partial charge in [0.1, 0.15) is 0 Å². The Kier molecular flexibility index (Phi) is 3.40. The Morgan fingerprint density at radius 3 is 2.79 bits per heavy atom. The molecule has 1 amide bonds. The Morgan fingerprint density at radius 2 is 2.14 bits per heavy atom. The van der Waals surface area contributed by atoms with Crippen LogP contribution in [-0.4, -0.2) is 25.5 Å². The number of carbonyl (C=O) groups is 1. The highest BCUT2D eigenvalue weighted by Crippen LogP contribution is 2.31. The van der Waals surface area contributed by atoms with Gasteiger partial charge < -0.3 is 10.6 Å². The minimum absolute atomic E-state index is 0.249. The topological polar surface area (TPSA) is 41.1 Å². The predicted molar refractivity (Wildman–Crippen MR) is 55.9 cm³/mol. The first-order valence-electron chi connectivity index (χ1n) is 5.82. The zero-order valence-electron chi connectivity index (χ0n) is 8.72. The van der Waals surface area contributed by atoms with Crippen LogP contribution in [0.5, 0.6) is 0 Å². The molecule has 3 heteroatoms. The van der Waals surface area contributed by atoms with E-state index in [0.717, 1.165) is 38.4 Å². The lowest BCUT2D eigenvalue weighted by molar-refractivity contribution is -0.121. The van der Waals surface area contributed by atoms with Gasteiger partial charge in [-0.05, 0) is 37.8 Å². The summed E-state index contributed by atoms with van der Waals surface area (Å²) in [6, 6.07) is 0. The Labute approximate surface area is 85.6 Å². The van der Waals surface area contributed by atoms with Crippen LogP contribution in [0.25, 0.3) is 0 Å². The van der Waals surface area contributed by atoms with E-state index >= 15 is 0 Å². The molecule has 3 nitrogen and oxygen atoms in total. The maximum atomic E-state index is 11.5. The second-order valence-electron chi connectivity index (χ2n) is 4.64. The number of nitrogens with one attached hydrogen (secondary N) is 2. The molecule has 1 unspecified atom stereocenters. The van der Waals surface area contributed by atoms with Gasteiger partial charge in [-0.15, -0.1) is 0 Å². The first kappa shape index (κ1) is 9.97. The highest BCUT2D eigenvalue weighted by Gasteiger charge is 2.21. The van der Waals surface area contributed by atoms with Gasteiger partial charge in [0.05, 0.1) is 0 Å². The lowest BCUT2D eigenvalue weighted by atomic mass is 10.0. The van der Waals surface area contributed by atoms with Crippen LogP contribution in [0, 0.1) is 11.8 Å². The van der Waals surface area contributed by atoms with Crippen molar-refractivity contribution < 1.29 is 4.79 Å². The molecule has 1 saturated heterocycles. The summed E-state index contributed by atoms with van der Waals surface area (Å²) in [5, 5.41) is 6.30. The number of rotatable bonds is 5. The molecule has 0 bridgehead atoms. The van der Waals surface area contributed by atoms with E-state index in [2.05, 4.69) is 10.6 Å². The molecule has 80 valence electrons. The normalized spacial score (nSPS) is 26.4. The molecule has 1 atom stereocenters. The minimum atomic E-state index is 0.249. The van der Waals surface area contributed by atoms with Crippen molar-refractivity contribution in [3.63, 3.8) is 0 Å². The summed E-state index contributed by atoms with van der Waals surface area (Å²) in [5.74, 6) is 1.75. The van der Waals surface area contributed by atoms with Gasteiger partial charge in [0.25, 0.3) is 0 Å². The highest BCUT2D eigenvalue weighted by molar-refractivity contribution is 5.76. The van der Waals surface area contributed by atoms with E-state index in [9.17, 15) is 4.79 Å². The van der Waals surface area contributed by atoms with E-state index in [0.29, 0.717) is 5.92 Å².